The van der Waals surface area contributed by atoms with Crippen LogP contribution in [-0.2, 0) is 11.3 Å². The third-order valence-corrected chi connectivity index (χ3v) is 3.17. The van der Waals surface area contributed by atoms with E-state index in [1.165, 1.54) is 11.3 Å². The van der Waals surface area contributed by atoms with Gasteiger partial charge in [0.05, 0.1) is 11.4 Å². The fourth-order valence-corrected chi connectivity index (χ4v) is 2.21. The average Bonchev–Trinajstić information content (AvgIpc) is 2.75. The molecule has 0 saturated heterocycles. The molecule has 0 aliphatic rings. The normalized spacial score (nSPS) is 10.4. The van der Waals surface area contributed by atoms with Crippen molar-refractivity contribution < 1.29 is 9.59 Å². The summed E-state index contributed by atoms with van der Waals surface area (Å²) in [5.74, 6) is 4.73. The molecule has 0 spiro atoms. The summed E-state index contributed by atoms with van der Waals surface area (Å²) in [6.45, 7) is 0.815. The highest BCUT2D eigenvalue weighted by molar-refractivity contribution is 7.12. The second-order valence-electron chi connectivity index (χ2n) is 3.59. The molecule has 7 heteroatoms. The topological polar surface area (TPSA) is 87.5 Å². The Kier molecular flexibility index (Phi) is 5.08. The maximum Gasteiger partial charge on any atom is 0.275 e. The van der Waals surface area contributed by atoms with Crippen LogP contribution in [0.4, 0.5) is 0 Å². The quantitative estimate of drug-likeness (QED) is 0.377. The lowest BCUT2D eigenvalue weighted by molar-refractivity contribution is -0.121. The average molecular weight is 256 g/mol. The number of nitrogens with one attached hydrogen (secondary N) is 2. The van der Waals surface area contributed by atoms with Gasteiger partial charge in [0.15, 0.2) is 0 Å². The summed E-state index contributed by atoms with van der Waals surface area (Å²) in [4.78, 5) is 25.0. The van der Waals surface area contributed by atoms with Gasteiger partial charge >= 0.3 is 0 Å². The Morgan fingerprint density at radius 2 is 2.24 bits per heavy atom. The highest BCUT2D eigenvalue weighted by atomic mass is 32.1. The fourth-order valence-electron chi connectivity index (χ4n) is 1.40. The van der Waals surface area contributed by atoms with Crippen LogP contribution in [0.15, 0.2) is 11.4 Å². The molecule has 0 bridgehead atoms. The van der Waals surface area contributed by atoms with Crippen molar-refractivity contribution in [1.29, 1.82) is 0 Å². The molecule has 0 aliphatic carbocycles. The Hall–Kier alpha value is -1.44. The number of hydrogen-bond acceptors (Lipinski definition) is 5. The second-order valence-corrected chi connectivity index (χ2v) is 4.51. The van der Waals surface area contributed by atoms with E-state index in [1.807, 2.05) is 23.4 Å². The summed E-state index contributed by atoms with van der Waals surface area (Å²) in [6.07, 6.45) is 0. The first-order valence-corrected chi connectivity index (χ1v) is 5.93. The van der Waals surface area contributed by atoms with Gasteiger partial charge < -0.3 is 5.32 Å². The number of carbonyl (C=O) groups excluding carboxylic acids is 2. The molecule has 0 fully saturated rings. The predicted octanol–water partition coefficient (Wildman–Crippen LogP) is -0.471. The van der Waals surface area contributed by atoms with Crippen molar-refractivity contribution in [3.8, 4) is 0 Å². The molecule has 6 nitrogen and oxygen atoms in total. The Morgan fingerprint density at radius 1 is 1.53 bits per heavy atom. The summed E-state index contributed by atoms with van der Waals surface area (Å²) in [7, 11) is 3.41. The molecule has 0 aromatic carbocycles. The van der Waals surface area contributed by atoms with Crippen molar-refractivity contribution in [1.82, 2.24) is 15.6 Å². The number of nitrogens with zero attached hydrogens (tertiary/aromatic N) is 1. The van der Waals surface area contributed by atoms with E-state index in [0.29, 0.717) is 11.4 Å². The molecule has 0 atom stereocenters. The molecular formula is C10H16N4O2S. The van der Waals surface area contributed by atoms with Gasteiger partial charge in [0.2, 0.25) is 5.91 Å². The van der Waals surface area contributed by atoms with E-state index in [9.17, 15) is 9.59 Å². The van der Waals surface area contributed by atoms with Gasteiger partial charge in [-0.3, -0.25) is 19.9 Å². The van der Waals surface area contributed by atoms with E-state index in [0.717, 1.165) is 5.56 Å². The van der Waals surface area contributed by atoms with Gasteiger partial charge in [-0.15, -0.1) is 11.3 Å². The number of likely N-dealkylation sites (N-methyl/N-ethyl adjacent to an activating group) is 2. The number of amides is 2. The molecular weight excluding hydrogens is 240 g/mol. The van der Waals surface area contributed by atoms with Crippen LogP contribution in [0.1, 0.15) is 15.2 Å². The minimum Gasteiger partial charge on any atom is -0.358 e. The molecule has 94 valence electrons. The molecule has 0 saturated carbocycles. The lowest BCUT2D eigenvalue weighted by Gasteiger charge is -2.15. The monoisotopic (exact) mass is 256 g/mol. The highest BCUT2D eigenvalue weighted by Gasteiger charge is 2.14. The number of nitrogens with two attached hydrogens (primary N) is 1. The lowest BCUT2D eigenvalue weighted by atomic mass is 10.2. The largest absolute Gasteiger partial charge is 0.358 e. The molecule has 17 heavy (non-hydrogen) atoms. The molecule has 1 aromatic rings. The maximum atomic E-state index is 11.4. The smallest absolute Gasteiger partial charge is 0.275 e. The second kappa shape index (κ2) is 6.33. The highest BCUT2D eigenvalue weighted by Crippen LogP contribution is 2.17. The predicted molar refractivity (Wildman–Crippen MR) is 66.4 cm³/mol. The Labute approximate surface area is 104 Å². The van der Waals surface area contributed by atoms with E-state index in [-0.39, 0.29) is 18.4 Å². The van der Waals surface area contributed by atoms with Gasteiger partial charge in [-0.1, -0.05) is 0 Å². The van der Waals surface area contributed by atoms with Gasteiger partial charge in [-0.2, -0.15) is 0 Å². The molecule has 1 heterocycles. The Morgan fingerprint density at radius 3 is 2.82 bits per heavy atom. The molecule has 1 aromatic heterocycles. The van der Waals surface area contributed by atoms with Crippen LogP contribution in [0.25, 0.3) is 0 Å². The van der Waals surface area contributed by atoms with Crippen molar-refractivity contribution in [3.63, 3.8) is 0 Å². The van der Waals surface area contributed by atoms with Crippen LogP contribution in [0, 0.1) is 0 Å². The van der Waals surface area contributed by atoms with Gasteiger partial charge in [-0.05, 0) is 24.1 Å². The number of nitrogen functional groups attached to an aromatic ring is 1. The van der Waals surface area contributed by atoms with Crippen molar-refractivity contribution in [2.45, 2.75) is 6.54 Å². The first-order valence-electron chi connectivity index (χ1n) is 5.05. The van der Waals surface area contributed by atoms with Crippen LogP contribution >= 0.6 is 11.3 Å². The molecule has 0 aliphatic heterocycles. The first-order chi connectivity index (χ1) is 8.08. The van der Waals surface area contributed by atoms with Crippen molar-refractivity contribution in [3.05, 3.63) is 21.9 Å². The number of carbonyl (C=O) groups is 2. The first kappa shape index (κ1) is 13.6. The Bertz CT molecular complexity index is 405. The van der Waals surface area contributed by atoms with Gasteiger partial charge in [0, 0.05) is 13.6 Å². The van der Waals surface area contributed by atoms with E-state index in [2.05, 4.69) is 10.7 Å². The van der Waals surface area contributed by atoms with E-state index in [1.54, 1.807) is 7.05 Å². The summed E-state index contributed by atoms with van der Waals surface area (Å²) in [5, 5.41) is 4.37. The number of hydrazine groups is 1. The van der Waals surface area contributed by atoms with Crippen LogP contribution < -0.4 is 16.6 Å². The van der Waals surface area contributed by atoms with Crippen LogP contribution in [0.3, 0.4) is 0 Å². The van der Waals surface area contributed by atoms with E-state index < -0.39 is 0 Å². The van der Waals surface area contributed by atoms with E-state index >= 15 is 0 Å². The standard InChI is InChI=1S/C10H16N4O2S/c1-12-8(15)6-14(2)5-7-3-4-17-9(7)10(16)13-11/h3-4H,5-6,11H2,1-2H3,(H,12,15)(H,13,16). The SMILES string of the molecule is CNC(=O)CN(C)Cc1ccsc1C(=O)NN. The molecule has 0 unspecified atom stereocenters. The van der Waals surface area contributed by atoms with Crippen molar-refractivity contribution in [2.75, 3.05) is 20.6 Å². The maximum absolute atomic E-state index is 11.4. The van der Waals surface area contributed by atoms with Gasteiger partial charge in [0.25, 0.3) is 5.91 Å². The van der Waals surface area contributed by atoms with Gasteiger partial charge in [0.1, 0.15) is 0 Å². The lowest BCUT2D eigenvalue weighted by Crippen LogP contribution is -2.34. The van der Waals surface area contributed by atoms with Crippen molar-refractivity contribution in [2.24, 2.45) is 5.84 Å². The van der Waals surface area contributed by atoms with Gasteiger partial charge in [-0.25, -0.2) is 5.84 Å². The van der Waals surface area contributed by atoms with Crippen LogP contribution in [0.2, 0.25) is 0 Å². The summed E-state index contributed by atoms with van der Waals surface area (Å²) < 4.78 is 0. The fraction of sp³-hybridized carbons (Fsp3) is 0.400. The number of thiophene rings is 1. The third kappa shape index (κ3) is 3.81. The third-order valence-electron chi connectivity index (χ3n) is 2.22. The zero-order chi connectivity index (χ0) is 12.8. The van der Waals surface area contributed by atoms with E-state index in [4.69, 9.17) is 5.84 Å². The summed E-state index contributed by atoms with van der Waals surface area (Å²) >= 11 is 1.33. The van der Waals surface area contributed by atoms with Crippen LogP contribution in [0.5, 0.6) is 0 Å². The zero-order valence-electron chi connectivity index (χ0n) is 9.82. The number of hydrogen-bond donors (Lipinski definition) is 3. The molecule has 0 radical (unpaired) electrons. The summed E-state index contributed by atoms with van der Waals surface area (Å²) in [6, 6.07) is 1.86. The minimum atomic E-state index is -0.302. The molecule has 1 rings (SSSR count). The number of rotatable bonds is 5. The minimum absolute atomic E-state index is 0.0624. The van der Waals surface area contributed by atoms with Crippen molar-refractivity contribution >= 4 is 23.2 Å². The van der Waals surface area contributed by atoms with Crippen LogP contribution in [-0.4, -0.2) is 37.4 Å². The molecule has 4 N–H and O–H groups in total. The molecule has 2 amide bonds. The Balaban J connectivity index is 2.65. The summed E-state index contributed by atoms with van der Waals surface area (Å²) in [5.41, 5.74) is 2.97. The zero-order valence-corrected chi connectivity index (χ0v) is 10.6.